The molecule has 2 N–H and O–H groups in total. The zero-order valence-corrected chi connectivity index (χ0v) is 13.4. The van der Waals surface area contributed by atoms with Gasteiger partial charge >= 0.3 is 0 Å². The molecule has 1 saturated carbocycles. The molecule has 3 rings (SSSR count). The van der Waals surface area contributed by atoms with Crippen molar-refractivity contribution < 1.29 is 4.79 Å². The predicted molar refractivity (Wildman–Crippen MR) is 87.1 cm³/mol. The first kappa shape index (κ1) is 15.5. The van der Waals surface area contributed by atoms with E-state index >= 15 is 0 Å². The fourth-order valence-corrected chi connectivity index (χ4v) is 4.03. The number of amides is 1. The molecule has 4 atom stereocenters. The van der Waals surface area contributed by atoms with E-state index in [0.29, 0.717) is 12.0 Å². The van der Waals surface area contributed by atoms with Gasteiger partial charge in [-0.1, -0.05) is 19.4 Å². The Bertz CT molecular complexity index is 490. The Balaban J connectivity index is 1.50. The molecular weight excluding hydrogens is 274 g/mol. The topological polar surface area (TPSA) is 54.0 Å². The summed E-state index contributed by atoms with van der Waals surface area (Å²) in [6, 6.07) is 4.44. The number of piperidine rings is 1. The van der Waals surface area contributed by atoms with Crippen LogP contribution in [0.5, 0.6) is 0 Å². The van der Waals surface area contributed by atoms with Gasteiger partial charge in [-0.15, -0.1) is 0 Å². The molecule has 1 aromatic heterocycles. The third kappa shape index (κ3) is 3.67. The average molecular weight is 301 g/mol. The predicted octanol–water partition coefficient (Wildman–Crippen LogP) is 2.50. The summed E-state index contributed by atoms with van der Waals surface area (Å²) in [5.41, 5.74) is 1.17. The van der Waals surface area contributed by atoms with Crippen LogP contribution in [0.15, 0.2) is 24.5 Å². The largest absolute Gasteiger partial charge is 0.353 e. The molecule has 0 spiro atoms. The maximum Gasteiger partial charge on any atom is 0.224 e. The number of hydrogen-bond donors (Lipinski definition) is 2. The molecule has 2 fully saturated rings. The minimum atomic E-state index is 0.119. The van der Waals surface area contributed by atoms with E-state index in [-0.39, 0.29) is 11.8 Å². The van der Waals surface area contributed by atoms with Gasteiger partial charge in [0.25, 0.3) is 0 Å². The van der Waals surface area contributed by atoms with E-state index in [1.807, 2.05) is 12.3 Å². The molecule has 0 radical (unpaired) electrons. The van der Waals surface area contributed by atoms with Crippen molar-refractivity contribution in [1.82, 2.24) is 15.6 Å². The van der Waals surface area contributed by atoms with Crippen molar-refractivity contribution in [2.75, 3.05) is 6.54 Å². The number of carbonyl (C=O) groups is 1. The van der Waals surface area contributed by atoms with Gasteiger partial charge in [0.05, 0.1) is 5.92 Å². The van der Waals surface area contributed by atoms with Crippen LogP contribution in [0.3, 0.4) is 0 Å². The fraction of sp³-hybridized carbons (Fsp3) is 0.667. The molecule has 2 aliphatic rings. The van der Waals surface area contributed by atoms with E-state index < -0.39 is 0 Å². The van der Waals surface area contributed by atoms with Crippen LogP contribution in [0.4, 0.5) is 0 Å². The van der Waals surface area contributed by atoms with Crippen molar-refractivity contribution in [1.29, 1.82) is 0 Å². The van der Waals surface area contributed by atoms with Gasteiger partial charge in [-0.3, -0.25) is 9.78 Å². The molecule has 4 unspecified atom stereocenters. The summed E-state index contributed by atoms with van der Waals surface area (Å²) in [4.78, 5) is 16.4. The van der Waals surface area contributed by atoms with E-state index in [1.54, 1.807) is 6.20 Å². The lowest BCUT2D eigenvalue weighted by Gasteiger charge is -2.42. The molecule has 1 amide bonds. The second kappa shape index (κ2) is 7.23. The van der Waals surface area contributed by atoms with Crippen LogP contribution in [0, 0.1) is 17.8 Å². The monoisotopic (exact) mass is 301 g/mol. The summed E-state index contributed by atoms with van der Waals surface area (Å²) in [5.74, 6) is 1.91. The van der Waals surface area contributed by atoms with Crippen LogP contribution in [0.2, 0.25) is 0 Å². The third-order valence-electron chi connectivity index (χ3n) is 5.40. The first-order chi connectivity index (χ1) is 10.8. The van der Waals surface area contributed by atoms with Gasteiger partial charge in [0.2, 0.25) is 5.91 Å². The first-order valence-electron chi connectivity index (χ1n) is 8.66. The SMILES string of the molecule is CCC1CCC2NC(=O)C(CNCc3cccnc3)CC2C1. The van der Waals surface area contributed by atoms with Gasteiger partial charge < -0.3 is 10.6 Å². The lowest BCUT2D eigenvalue weighted by molar-refractivity contribution is -0.130. The second-order valence-corrected chi connectivity index (χ2v) is 6.89. The van der Waals surface area contributed by atoms with E-state index in [9.17, 15) is 4.79 Å². The Morgan fingerprint density at radius 1 is 1.36 bits per heavy atom. The van der Waals surface area contributed by atoms with Crippen molar-refractivity contribution in [3.8, 4) is 0 Å². The first-order valence-corrected chi connectivity index (χ1v) is 8.66. The Labute approximate surface area is 133 Å². The number of pyridine rings is 1. The standard InChI is InChI=1S/C18H27N3O/c1-2-13-5-6-17-15(8-13)9-16(18(22)21-17)12-20-11-14-4-3-7-19-10-14/h3-4,7,10,13,15-17,20H,2,5-6,8-9,11-12H2,1H3,(H,21,22). The average Bonchev–Trinajstić information content (AvgIpc) is 2.56. The number of hydrogen-bond acceptors (Lipinski definition) is 3. The zero-order chi connectivity index (χ0) is 15.4. The molecule has 4 nitrogen and oxygen atoms in total. The Kier molecular flexibility index (Phi) is 5.08. The summed E-state index contributed by atoms with van der Waals surface area (Å²) >= 11 is 0. The van der Waals surface area contributed by atoms with Crippen LogP contribution in [-0.2, 0) is 11.3 Å². The van der Waals surface area contributed by atoms with E-state index in [4.69, 9.17) is 0 Å². The molecule has 1 aliphatic carbocycles. The molecule has 0 bridgehead atoms. The zero-order valence-electron chi connectivity index (χ0n) is 13.4. The maximum atomic E-state index is 12.3. The van der Waals surface area contributed by atoms with Crippen molar-refractivity contribution in [3.63, 3.8) is 0 Å². The van der Waals surface area contributed by atoms with Crippen molar-refractivity contribution in [2.24, 2.45) is 17.8 Å². The number of carbonyl (C=O) groups excluding carboxylic acids is 1. The number of aromatic nitrogens is 1. The molecule has 0 aromatic carbocycles. The summed E-state index contributed by atoms with van der Waals surface area (Å²) in [7, 11) is 0. The van der Waals surface area contributed by atoms with Gasteiger partial charge in [0.15, 0.2) is 0 Å². The summed E-state index contributed by atoms with van der Waals surface area (Å²) in [6.45, 7) is 3.84. The highest BCUT2D eigenvalue weighted by Gasteiger charge is 2.38. The quantitative estimate of drug-likeness (QED) is 0.878. The lowest BCUT2D eigenvalue weighted by atomic mass is 9.71. The number of nitrogens with zero attached hydrogens (tertiary/aromatic N) is 1. The molecule has 2 heterocycles. The lowest BCUT2D eigenvalue weighted by Crippen LogP contribution is -2.53. The minimum absolute atomic E-state index is 0.119. The molecule has 22 heavy (non-hydrogen) atoms. The van der Waals surface area contributed by atoms with Gasteiger partial charge in [0, 0.05) is 31.5 Å². The molecule has 1 aromatic rings. The van der Waals surface area contributed by atoms with Gasteiger partial charge in [-0.2, -0.15) is 0 Å². The molecule has 120 valence electrons. The normalized spacial score (nSPS) is 31.4. The highest BCUT2D eigenvalue weighted by molar-refractivity contribution is 5.80. The smallest absolute Gasteiger partial charge is 0.224 e. The van der Waals surface area contributed by atoms with Gasteiger partial charge in [-0.05, 0) is 49.1 Å². The van der Waals surface area contributed by atoms with Crippen LogP contribution in [0.25, 0.3) is 0 Å². The number of fused-ring (bicyclic) bond motifs is 1. The van der Waals surface area contributed by atoms with Crippen LogP contribution in [0.1, 0.15) is 44.6 Å². The maximum absolute atomic E-state index is 12.3. The Hall–Kier alpha value is -1.42. The summed E-state index contributed by atoms with van der Waals surface area (Å²) in [5, 5.41) is 6.69. The molecule has 1 saturated heterocycles. The fourth-order valence-electron chi connectivity index (χ4n) is 4.03. The Morgan fingerprint density at radius 2 is 2.27 bits per heavy atom. The van der Waals surface area contributed by atoms with Crippen molar-refractivity contribution in [3.05, 3.63) is 30.1 Å². The molecule has 1 aliphatic heterocycles. The summed E-state index contributed by atoms with van der Waals surface area (Å²) < 4.78 is 0. The minimum Gasteiger partial charge on any atom is -0.353 e. The van der Waals surface area contributed by atoms with Crippen molar-refractivity contribution in [2.45, 2.75) is 51.6 Å². The van der Waals surface area contributed by atoms with E-state index in [1.165, 1.54) is 31.2 Å². The van der Waals surface area contributed by atoms with Crippen LogP contribution < -0.4 is 10.6 Å². The van der Waals surface area contributed by atoms with Gasteiger partial charge in [0.1, 0.15) is 0 Å². The number of rotatable bonds is 5. The number of nitrogens with one attached hydrogen (secondary N) is 2. The van der Waals surface area contributed by atoms with E-state index in [2.05, 4.69) is 28.6 Å². The summed E-state index contributed by atoms with van der Waals surface area (Å²) in [6.07, 6.45) is 9.73. The van der Waals surface area contributed by atoms with Crippen molar-refractivity contribution >= 4 is 5.91 Å². The third-order valence-corrected chi connectivity index (χ3v) is 5.40. The van der Waals surface area contributed by atoms with E-state index in [0.717, 1.165) is 25.4 Å². The molecular formula is C18H27N3O. The Morgan fingerprint density at radius 3 is 3.05 bits per heavy atom. The second-order valence-electron chi connectivity index (χ2n) is 6.89. The van der Waals surface area contributed by atoms with Crippen LogP contribution >= 0.6 is 0 Å². The highest BCUT2D eigenvalue weighted by Crippen LogP contribution is 2.37. The molecule has 4 heteroatoms. The van der Waals surface area contributed by atoms with Gasteiger partial charge in [-0.25, -0.2) is 0 Å². The highest BCUT2D eigenvalue weighted by atomic mass is 16.2. The van der Waals surface area contributed by atoms with Crippen LogP contribution in [-0.4, -0.2) is 23.5 Å².